The van der Waals surface area contributed by atoms with Crippen molar-refractivity contribution in [1.29, 1.82) is 0 Å². The van der Waals surface area contributed by atoms with E-state index in [2.05, 4.69) is 9.84 Å². The molecular weight excluding hydrogens is 200 g/mol. The van der Waals surface area contributed by atoms with E-state index >= 15 is 0 Å². The van der Waals surface area contributed by atoms with E-state index in [4.69, 9.17) is 5.11 Å². The number of nitrogens with zero attached hydrogens (tertiary/aromatic N) is 2. The van der Waals surface area contributed by atoms with Crippen molar-refractivity contribution in [2.75, 3.05) is 0 Å². The van der Waals surface area contributed by atoms with Crippen LogP contribution < -0.4 is 4.74 Å². The smallest absolute Gasteiger partial charge is 0.435 e. The van der Waals surface area contributed by atoms with Crippen LogP contribution in [0.25, 0.3) is 10.9 Å². The highest BCUT2D eigenvalue weighted by Gasteiger charge is 2.16. The van der Waals surface area contributed by atoms with Crippen molar-refractivity contribution < 1.29 is 19.4 Å². The number of rotatable bonds is 2. The van der Waals surface area contributed by atoms with Crippen molar-refractivity contribution >= 4 is 23.5 Å². The van der Waals surface area contributed by atoms with Crippen LogP contribution in [0.15, 0.2) is 24.3 Å². The molecule has 6 heteroatoms. The van der Waals surface area contributed by atoms with Crippen LogP contribution in [-0.4, -0.2) is 27.5 Å². The summed E-state index contributed by atoms with van der Waals surface area (Å²) in [6, 6.07) is 6.67. The molecule has 1 heterocycles. The molecule has 15 heavy (non-hydrogen) atoms. The van der Waals surface area contributed by atoms with Crippen LogP contribution in [-0.2, 0) is 4.79 Å². The molecule has 0 amide bonds. The maximum Gasteiger partial charge on any atom is 0.435 e. The number of carboxylic acid groups (broad SMARTS) is 1. The average Bonchev–Trinajstić information content (AvgIpc) is 2.58. The van der Waals surface area contributed by atoms with Gasteiger partial charge in [0.15, 0.2) is 0 Å². The summed E-state index contributed by atoms with van der Waals surface area (Å²) in [5, 5.41) is 13.0. The monoisotopic (exact) mass is 206 g/mol. The van der Waals surface area contributed by atoms with Crippen LogP contribution in [0.5, 0.6) is 5.88 Å². The molecule has 1 aromatic carbocycles. The van der Waals surface area contributed by atoms with Crippen molar-refractivity contribution in [2.45, 2.75) is 0 Å². The second-order valence-corrected chi connectivity index (χ2v) is 2.73. The lowest BCUT2D eigenvalue weighted by molar-refractivity contribution is -0.121. The minimum Gasteiger partial charge on any atom is -0.463 e. The average molecular weight is 206 g/mol. The zero-order valence-electron chi connectivity index (χ0n) is 7.45. The van der Waals surface area contributed by atoms with Crippen LogP contribution >= 0.6 is 0 Å². The number of carbonyl (C=O) groups is 2. The zero-order valence-corrected chi connectivity index (χ0v) is 7.45. The molecule has 1 aromatic heterocycles. The van der Waals surface area contributed by atoms with Crippen molar-refractivity contribution in [3.05, 3.63) is 24.3 Å². The van der Waals surface area contributed by atoms with E-state index in [1.165, 1.54) is 0 Å². The summed E-state index contributed by atoms with van der Waals surface area (Å²) in [6.45, 7) is 0.170. The summed E-state index contributed by atoms with van der Waals surface area (Å²) in [5.41, 5.74) is 0.455. The van der Waals surface area contributed by atoms with E-state index in [-0.39, 0.29) is 12.4 Å². The summed E-state index contributed by atoms with van der Waals surface area (Å²) in [5.74, 6) is -0.0897. The quantitative estimate of drug-likeness (QED) is 0.744. The summed E-state index contributed by atoms with van der Waals surface area (Å²) in [4.78, 5) is 21.0. The molecule has 0 spiro atoms. The van der Waals surface area contributed by atoms with E-state index in [0.717, 1.165) is 0 Å². The van der Waals surface area contributed by atoms with Gasteiger partial charge < -0.3 is 9.84 Å². The highest BCUT2D eigenvalue weighted by molar-refractivity contribution is 5.89. The van der Waals surface area contributed by atoms with Gasteiger partial charge in [0.25, 0.3) is 6.47 Å². The standard InChI is InChI=1S/C9H6N2O4/c12-5-15-8-6-3-1-2-4-7(6)10-11(8)9(13)14/h1-5H,(H,13,14). The predicted molar refractivity (Wildman–Crippen MR) is 49.8 cm³/mol. The molecule has 0 aliphatic heterocycles. The van der Waals surface area contributed by atoms with Gasteiger partial charge in [-0.1, -0.05) is 12.1 Å². The Balaban J connectivity index is 2.73. The van der Waals surface area contributed by atoms with Crippen molar-refractivity contribution in [3.8, 4) is 5.88 Å². The molecule has 6 nitrogen and oxygen atoms in total. The van der Waals surface area contributed by atoms with Gasteiger partial charge in [-0.2, -0.15) is 5.10 Å². The SMILES string of the molecule is O=COc1c2ccccc2nn1C(=O)O. The van der Waals surface area contributed by atoms with Crippen LogP contribution in [0.4, 0.5) is 4.79 Å². The minimum absolute atomic E-state index is 0.0897. The predicted octanol–water partition coefficient (Wildman–Crippen LogP) is 1.10. The number of ether oxygens (including phenoxy) is 1. The lowest BCUT2D eigenvalue weighted by Crippen LogP contribution is -2.11. The molecule has 0 saturated carbocycles. The Morgan fingerprint density at radius 3 is 2.87 bits per heavy atom. The Kier molecular flexibility index (Phi) is 2.09. The first kappa shape index (κ1) is 9.20. The third kappa shape index (κ3) is 1.41. The van der Waals surface area contributed by atoms with Gasteiger partial charge in [-0.15, -0.1) is 4.68 Å². The van der Waals surface area contributed by atoms with Gasteiger partial charge in [0, 0.05) is 0 Å². The molecule has 0 aliphatic rings. The Hall–Kier alpha value is -2.37. The summed E-state index contributed by atoms with van der Waals surface area (Å²) in [6.07, 6.45) is -1.30. The number of fused-ring (bicyclic) bond motifs is 1. The second kappa shape index (κ2) is 3.41. The van der Waals surface area contributed by atoms with E-state index in [1.807, 2.05) is 0 Å². The Bertz CT molecular complexity index is 532. The Morgan fingerprint density at radius 1 is 1.47 bits per heavy atom. The Morgan fingerprint density at radius 2 is 2.20 bits per heavy atom. The third-order valence-corrected chi connectivity index (χ3v) is 1.88. The minimum atomic E-state index is -1.30. The first-order chi connectivity index (χ1) is 7.24. The molecule has 2 aromatic rings. The van der Waals surface area contributed by atoms with Gasteiger partial charge in [0.2, 0.25) is 5.88 Å². The number of hydrogen-bond donors (Lipinski definition) is 1. The third-order valence-electron chi connectivity index (χ3n) is 1.88. The topological polar surface area (TPSA) is 81.4 Å². The first-order valence-electron chi connectivity index (χ1n) is 4.05. The van der Waals surface area contributed by atoms with Gasteiger partial charge in [0.1, 0.15) is 0 Å². The second-order valence-electron chi connectivity index (χ2n) is 2.73. The molecule has 0 radical (unpaired) electrons. The Labute approximate surface area is 83.7 Å². The fraction of sp³-hybridized carbons (Fsp3) is 0. The summed E-state index contributed by atoms with van der Waals surface area (Å²) < 4.78 is 5.21. The van der Waals surface area contributed by atoms with Crippen LogP contribution in [0.2, 0.25) is 0 Å². The van der Waals surface area contributed by atoms with E-state index in [9.17, 15) is 9.59 Å². The van der Waals surface area contributed by atoms with Gasteiger partial charge in [-0.3, -0.25) is 4.79 Å². The lowest BCUT2D eigenvalue weighted by atomic mass is 10.2. The summed E-state index contributed by atoms with van der Waals surface area (Å²) in [7, 11) is 0. The zero-order chi connectivity index (χ0) is 10.8. The lowest BCUT2D eigenvalue weighted by Gasteiger charge is -1.97. The van der Waals surface area contributed by atoms with Gasteiger partial charge in [0.05, 0.1) is 10.9 Å². The molecule has 0 unspecified atom stereocenters. The summed E-state index contributed by atoms with van der Waals surface area (Å²) >= 11 is 0. The van der Waals surface area contributed by atoms with Gasteiger partial charge in [-0.05, 0) is 12.1 Å². The largest absolute Gasteiger partial charge is 0.463 e. The molecule has 0 saturated heterocycles. The maximum atomic E-state index is 10.8. The van der Waals surface area contributed by atoms with Crippen LogP contribution in [0.3, 0.4) is 0 Å². The fourth-order valence-corrected chi connectivity index (χ4v) is 1.30. The van der Waals surface area contributed by atoms with Crippen molar-refractivity contribution in [2.24, 2.45) is 0 Å². The maximum absolute atomic E-state index is 10.8. The highest BCUT2D eigenvalue weighted by atomic mass is 16.5. The van der Waals surface area contributed by atoms with Gasteiger partial charge in [-0.25, -0.2) is 4.79 Å². The number of aromatic nitrogens is 2. The molecule has 2 rings (SSSR count). The number of hydrogen-bond acceptors (Lipinski definition) is 4. The van der Waals surface area contributed by atoms with Crippen molar-refractivity contribution in [1.82, 2.24) is 9.78 Å². The first-order valence-corrected chi connectivity index (χ1v) is 4.05. The normalized spacial score (nSPS) is 10.1. The van der Waals surface area contributed by atoms with E-state index in [0.29, 0.717) is 15.6 Å². The molecule has 0 atom stereocenters. The van der Waals surface area contributed by atoms with Crippen molar-refractivity contribution in [3.63, 3.8) is 0 Å². The highest BCUT2D eigenvalue weighted by Crippen LogP contribution is 2.24. The molecule has 0 fully saturated rings. The fourth-order valence-electron chi connectivity index (χ4n) is 1.30. The van der Waals surface area contributed by atoms with Gasteiger partial charge >= 0.3 is 6.09 Å². The number of carbonyl (C=O) groups excluding carboxylic acids is 1. The van der Waals surface area contributed by atoms with Crippen LogP contribution in [0.1, 0.15) is 0 Å². The van der Waals surface area contributed by atoms with Crippen LogP contribution in [0, 0.1) is 0 Å². The molecule has 76 valence electrons. The molecular formula is C9H6N2O4. The molecule has 0 bridgehead atoms. The molecule has 0 aliphatic carbocycles. The number of benzene rings is 1. The van der Waals surface area contributed by atoms with E-state index in [1.54, 1.807) is 24.3 Å². The van der Waals surface area contributed by atoms with E-state index < -0.39 is 6.09 Å². The molecule has 1 N–H and O–H groups in total.